The van der Waals surface area contributed by atoms with E-state index >= 15 is 0 Å². The number of carbonyl (C=O) groups is 2. The van der Waals surface area contributed by atoms with Gasteiger partial charge in [-0.15, -0.1) is 0 Å². The fraction of sp³-hybridized carbons (Fsp3) is 0.389. The van der Waals surface area contributed by atoms with Gasteiger partial charge >= 0.3 is 5.97 Å². The predicted octanol–water partition coefficient (Wildman–Crippen LogP) is 2.08. The van der Waals surface area contributed by atoms with Crippen molar-refractivity contribution in [2.24, 2.45) is 11.0 Å². The van der Waals surface area contributed by atoms with Gasteiger partial charge in [0.05, 0.1) is 23.6 Å². The Labute approximate surface area is 161 Å². The highest BCUT2D eigenvalue weighted by Crippen LogP contribution is 2.27. The Morgan fingerprint density at radius 1 is 1.37 bits per heavy atom. The number of rotatable bonds is 6. The van der Waals surface area contributed by atoms with Crippen LogP contribution in [0.2, 0.25) is 0 Å². The molecule has 0 unspecified atom stereocenters. The van der Waals surface area contributed by atoms with Gasteiger partial charge in [0.1, 0.15) is 0 Å². The topological polar surface area (TPSA) is 96.8 Å². The summed E-state index contributed by atoms with van der Waals surface area (Å²) in [4.78, 5) is 35.0. The molecule has 1 fully saturated rings. The smallest absolute Gasteiger partial charge is 0.309 e. The van der Waals surface area contributed by atoms with Crippen molar-refractivity contribution in [1.29, 1.82) is 0 Å². The zero-order valence-electron chi connectivity index (χ0n) is 15.0. The van der Waals surface area contributed by atoms with Gasteiger partial charge in [0.15, 0.2) is 5.13 Å². The Kier molecular flexibility index (Phi) is 6.48. The van der Waals surface area contributed by atoms with E-state index in [0.29, 0.717) is 12.2 Å². The Morgan fingerprint density at radius 3 is 2.81 bits per heavy atom. The van der Waals surface area contributed by atoms with Crippen LogP contribution in [-0.2, 0) is 9.53 Å². The normalized spacial score (nSPS) is 15.1. The molecule has 0 spiro atoms. The number of esters is 1. The second-order valence-electron chi connectivity index (χ2n) is 5.99. The molecule has 0 radical (unpaired) electrons. The molecule has 2 aromatic rings. The lowest BCUT2D eigenvalue weighted by Gasteiger charge is -2.30. The van der Waals surface area contributed by atoms with E-state index in [-0.39, 0.29) is 17.8 Å². The molecule has 3 heterocycles. The van der Waals surface area contributed by atoms with Crippen molar-refractivity contribution in [3.63, 3.8) is 0 Å². The van der Waals surface area contributed by atoms with Crippen molar-refractivity contribution in [1.82, 2.24) is 15.4 Å². The van der Waals surface area contributed by atoms with Crippen molar-refractivity contribution in [2.75, 3.05) is 24.6 Å². The van der Waals surface area contributed by atoms with Gasteiger partial charge in [-0.2, -0.15) is 5.10 Å². The zero-order chi connectivity index (χ0) is 19.1. The van der Waals surface area contributed by atoms with Crippen LogP contribution in [0.4, 0.5) is 5.13 Å². The molecule has 1 saturated heterocycles. The highest BCUT2D eigenvalue weighted by Gasteiger charge is 2.27. The predicted molar refractivity (Wildman–Crippen MR) is 103 cm³/mol. The summed E-state index contributed by atoms with van der Waals surface area (Å²) in [5.41, 5.74) is 2.98. The molecule has 2 aromatic heterocycles. The number of carbonyl (C=O) groups excluding carboxylic acids is 2. The number of nitrogens with zero attached hydrogens (tertiary/aromatic N) is 4. The third-order valence-electron chi connectivity index (χ3n) is 4.20. The Morgan fingerprint density at radius 2 is 2.11 bits per heavy atom. The quantitative estimate of drug-likeness (QED) is 0.463. The molecule has 9 heteroatoms. The Balaban J connectivity index is 1.50. The number of hydrogen-bond acceptors (Lipinski definition) is 8. The second kappa shape index (κ2) is 9.22. The van der Waals surface area contributed by atoms with Crippen molar-refractivity contribution >= 4 is 34.6 Å². The monoisotopic (exact) mass is 387 g/mol. The fourth-order valence-electron chi connectivity index (χ4n) is 2.77. The number of ether oxygens (including phenoxy) is 1. The van der Waals surface area contributed by atoms with Crippen molar-refractivity contribution in [2.45, 2.75) is 19.8 Å². The molecule has 142 valence electrons. The molecular formula is C18H21N5O3S. The summed E-state index contributed by atoms with van der Waals surface area (Å²) in [6.07, 6.45) is 7.94. The molecule has 0 bridgehead atoms. The number of nitrogens with one attached hydrogen (secondary N) is 1. The average molecular weight is 387 g/mol. The maximum Gasteiger partial charge on any atom is 0.309 e. The number of aromatic nitrogens is 2. The van der Waals surface area contributed by atoms with Crippen LogP contribution in [0.15, 0.2) is 35.8 Å². The summed E-state index contributed by atoms with van der Waals surface area (Å²) >= 11 is 1.49. The molecule has 1 N–H and O–H groups in total. The second-order valence-corrected chi connectivity index (χ2v) is 7.03. The molecule has 0 aliphatic carbocycles. The maximum absolute atomic E-state index is 11.9. The summed E-state index contributed by atoms with van der Waals surface area (Å²) in [5, 5.41) is 4.87. The molecular weight excluding hydrogens is 366 g/mol. The van der Waals surface area contributed by atoms with Crippen molar-refractivity contribution in [3.8, 4) is 0 Å². The third kappa shape index (κ3) is 5.10. The number of hydrazone groups is 1. The lowest BCUT2D eigenvalue weighted by molar-refractivity contribution is -0.148. The first-order valence-electron chi connectivity index (χ1n) is 8.78. The van der Waals surface area contributed by atoms with Crippen LogP contribution >= 0.6 is 11.3 Å². The SMILES string of the molecule is CCOC(=O)C1CCN(c2ncc(/C=N/NC(=O)c3ccncc3)s2)CC1. The fourth-order valence-corrected chi connectivity index (χ4v) is 3.61. The standard InChI is InChI=1S/C18H21N5O3S/c1-2-26-17(25)14-5-9-23(10-6-14)18-20-11-15(27-18)12-21-22-16(24)13-3-7-19-8-4-13/h3-4,7-8,11-12,14H,2,5-6,9-10H2,1H3,(H,22,24)/b21-12+. The number of amides is 1. The van der Waals surface area contributed by atoms with Crippen LogP contribution in [0.3, 0.4) is 0 Å². The minimum Gasteiger partial charge on any atom is -0.466 e. The van der Waals surface area contributed by atoms with Gasteiger partial charge in [-0.25, -0.2) is 10.4 Å². The van der Waals surface area contributed by atoms with Crippen LogP contribution in [0.1, 0.15) is 35.0 Å². The van der Waals surface area contributed by atoms with E-state index in [1.54, 1.807) is 36.9 Å². The van der Waals surface area contributed by atoms with Crippen LogP contribution in [0.5, 0.6) is 0 Å². The van der Waals surface area contributed by atoms with E-state index in [0.717, 1.165) is 35.9 Å². The maximum atomic E-state index is 11.9. The van der Waals surface area contributed by atoms with Crippen molar-refractivity contribution in [3.05, 3.63) is 41.2 Å². The zero-order valence-corrected chi connectivity index (χ0v) is 15.8. The van der Waals surface area contributed by atoms with Gasteiger partial charge in [-0.1, -0.05) is 11.3 Å². The van der Waals surface area contributed by atoms with Gasteiger partial charge in [0.25, 0.3) is 5.91 Å². The van der Waals surface area contributed by atoms with E-state index in [9.17, 15) is 9.59 Å². The number of hydrogen-bond donors (Lipinski definition) is 1. The van der Waals surface area contributed by atoms with E-state index in [1.165, 1.54) is 11.3 Å². The number of anilines is 1. The van der Waals surface area contributed by atoms with Gasteiger partial charge in [0.2, 0.25) is 0 Å². The molecule has 0 aromatic carbocycles. The highest BCUT2D eigenvalue weighted by molar-refractivity contribution is 7.17. The van der Waals surface area contributed by atoms with E-state index in [2.05, 4.69) is 25.4 Å². The molecule has 27 heavy (non-hydrogen) atoms. The van der Waals surface area contributed by atoms with E-state index < -0.39 is 0 Å². The van der Waals surface area contributed by atoms with Crippen molar-refractivity contribution < 1.29 is 14.3 Å². The summed E-state index contributed by atoms with van der Waals surface area (Å²) in [5.74, 6) is -0.418. The first-order valence-corrected chi connectivity index (χ1v) is 9.60. The number of thiazole rings is 1. The van der Waals surface area contributed by atoms with Gasteiger partial charge in [-0.05, 0) is 31.9 Å². The van der Waals surface area contributed by atoms with Gasteiger partial charge in [-0.3, -0.25) is 14.6 Å². The molecule has 1 aliphatic rings. The minimum atomic E-state index is -0.292. The van der Waals surface area contributed by atoms with Crippen LogP contribution in [0, 0.1) is 5.92 Å². The Hall–Kier alpha value is -2.81. The largest absolute Gasteiger partial charge is 0.466 e. The Bertz CT molecular complexity index is 800. The van der Waals surface area contributed by atoms with E-state index in [4.69, 9.17) is 4.74 Å². The molecule has 8 nitrogen and oxygen atoms in total. The summed E-state index contributed by atoms with van der Waals surface area (Å²) in [6, 6.07) is 3.24. The minimum absolute atomic E-state index is 0.0226. The molecule has 3 rings (SSSR count). The highest BCUT2D eigenvalue weighted by atomic mass is 32.1. The van der Waals surface area contributed by atoms with Gasteiger partial charge < -0.3 is 9.64 Å². The van der Waals surface area contributed by atoms with Crippen LogP contribution in [-0.4, -0.2) is 47.8 Å². The molecule has 0 saturated carbocycles. The first-order chi connectivity index (χ1) is 13.2. The number of piperidine rings is 1. The first kappa shape index (κ1) is 19.0. The lowest BCUT2D eigenvalue weighted by atomic mass is 9.97. The molecule has 0 atom stereocenters. The lowest BCUT2D eigenvalue weighted by Crippen LogP contribution is -2.36. The summed E-state index contributed by atoms with van der Waals surface area (Å²) in [6.45, 7) is 3.79. The summed E-state index contributed by atoms with van der Waals surface area (Å²) < 4.78 is 5.10. The average Bonchev–Trinajstić information content (AvgIpc) is 3.18. The summed E-state index contributed by atoms with van der Waals surface area (Å²) in [7, 11) is 0. The molecule has 1 amide bonds. The van der Waals surface area contributed by atoms with E-state index in [1.807, 2.05) is 6.92 Å². The third-order valence-corrected chi connectivity index (χ3v) is 5.19. The van der Waals surface area contributed by atoms with Crippen LogP contribution < -0.4 is 10.3 Å². The van der Waals surface area contributed by atoms with Gasteiger partial charge in [0, 0.05) is 37.2 Å². The molecule has 1 aliphatic heterocycles. The van der Waals surface area contributed by atoms with Crippen LogP contribution in [0.25, 0.3) is 0 Å². The number of pyridine rings is 1.